The van der Waals surface area contributed by atoms with Gasteiger partial charge in [-0.3, -0.25) is 0 Å². The van der Waals surface area contributed by atoms with Crippen molar-refractivity contribution in [3.8, 4) is 0 Å². The minimum Gasteiger partial charge on any atom is -0.405 e. The molecule has 0 spiro atoms. The van der Waals surface area contributed by atoms with E-state index in [1.165, 1.54) is 0 Å². The first-order valence-electron chi connectivity index (χ1n) is 2.38. The zero-order valence-corrected chi connectivity index (χ0v) is 4.65. The maximum Gasteiger partial charge on any atom is -0.00394 e. The van der Waals surface area contributed by atoms with Crippen LogP contribution in [0.2, 0.25) is 0 Å². The Morgan fingerprint density at radius 1 is 1.71 bits per heavy atom. The van der Waals surface area contributed by atoms with Crippen LogP contribution in [-0.4, -0.2) is 6.54 Å². The third-order valence-electron chi connectivity index (χ3n) is 0.823. The molecule has 0 aliphatic heterocycles. The fourth-order valence-corrected chi connectivity index (χ4v) is 0.311. The molecule has 42 valence electrons. The molecule has 7 heavy (non-hydrogen) atoms. The van der Waals surface area contributed by atoms with Gasteiger partial charge in [-0.2, -0.15) is 0 Å². The molecule has 0 heterocycles. The third-order valence-corrected chi connectivity index (χ3v) is 0.823. The Kier molecular flexibility index (Phi) is 3.42. The normalized spacial score (nSPS) is 12.0. The maximum atomic E-state index is 5.21. The Hall–Kier alpha value is -0.500. The predicted octanol–water partition coefficient (Wildman–Crippen LogP) is 0.198. The van der Waals surface area contributed by atoms with E-state index in [4.69, 9.17) is 11.5 Å². The molecule has 2 heteroatoms. The van der Waals surface area contributed by atoms with Crippen LogP contribution in [0.5, 0.6) is 0 Å². The summed E-state index contributed by atoms with van der Waals surface area (Å²) in [4.78, 5) is 0. The Balaban J connectivity index is 3.17. The van der Waals surface area contributed by atoms with Gasteiger partial charge in [0, 0.05) is 0 Å². The Morgan fingerprint density at radius 3 is 2.43 bits per heavy atom. The molecular formula is C5H12N2. The molecule has 0 saturated heterocycles. The average molecular weight is 100 g/mol. The molecule has 0 rings (SSSR count). The molecule has 0 radical (unpaired) electrons. The molecule has 0 unspecified atom stereocenters. The zero-order chi connectivity index (χ0) is 5.70. The highest BCUT2D eigenvalue weighted by atomic mass is 14.5. The number of hydrogen-bond donors (Lipinski definition) is 2. The van der Waals surface area contributed by atoms with Gasteiger partial charge in [0.15, 0.2) is 0 Å². The minimum atomic E-state index is 0.694. The van der Waals surface area contributed by atoms with E-state index in [-0.39, 0.29) is 0 Å². The van der Waals surface area contributed by atoms with Gasteiger partial charge in [0.25, 0.3) is 0 Å². The monoisotopic (exact) mass is 100 g/mol. The molecule has 0 aromatic carbocycles. The van der Waals surface area contributed by atoms with Crippen LogP contribution in [0.3, 0.4) is 0 Å². The SMILES string of the molecule is CC(=CN)CCN. The van der Waals surface area contributed by atoms with Crippen LogP contribution in [0.4, 0.5) is 0 Å². The molecule has 2 nitrogen and oxygen atoms in total. The first kappa shape index (κ1) is 6.50. The largest absolute Gasteiger partial charge is 0.405 e. The van der Waals surface area contributed by atoms with E-state index in [2.05, 4.69) is 0 Å². The molecule has 0 saturated carbocycles. The molecule has 0 aliphatic rings. The lowest BCUT2D eigenvalue weighted by Crippen LogP contribution is -1.99. The van der Waals surface area contributed by atoms with Crippen LogP contribution in [0.25, 0.3) is 0 Å². The van der Waals surface area contributed by atoms with Gasteiger partial charge in [-0.25, -0.2) is 0 Å². The van der Waals surface area contributed by atoms with E-state index in [0.717, 1.165) is 12.0 Å². The lowest BCUT2D eigenvalue weighted by molar-refractivity contribution is 0.945. The summed E-state index contributed by atoms with van der Waals surface area (Å²) >= 11 is 0. The van der Waals surface area contributed by atoms with E-state index in [1.54, 1.807) is 6.20 Å². The minimum absolute atomic E-state index is 0.694. The Labute approximate surface area is 44.2 Å². The van der Waals surface area contributed by atoms with Gasteiger partial charge in [-0.1, -0.05) is 5.57 Å². The van der Waals surface area contributed by atoms with Crippen LogP contribution >= 0.6 is 0 Å². The Morgan fingerprint density at radius 2 is 2.29 bits per heavy atom. The highest BCUT2D eigenvalue weighted by Gasteiger charge is 1.80. The average Bonchev–Trinajstić information content (AvgIpc) is 1.68. The Bertz CT molecular complexity index is 66.5. The quantitative estimate of drug-likeness (QED) is 0.520. The second-order valence-corrected chi connectivity index (χ2v) is 1.55. The molecule has 0 amide bonds. The summed E-state index contributed by atoms with van der Waals surface area (Å²) in [6.07, 6.45) is 2.50. The van der Waals surface area contributed by atoms with E-state index in [1.807, 2.05) is 6.92 Å². The smallest absolute Gasteiger partial charge is 0.00394 e. The molecule has 0 aliphatic carbocycles. The fraction of sp³-hybridized carbons (Fsp3) is 0.600. The van der Waals surface area contributed by atoms with Gasteiger partial charge in [-0.05, 0) is 26.1 Å². The van der Waals surface area contributed by atoms with E-state index >= 15 is 0 Å². The van der Waals surface area contributed by atoms with Crippen LogP contribution in [0.15, 0.2) is 11.8 Å². The van der Waals surface area contributed by atoms with Gasteiger partial charge in [0.1, 0.15) is 0 Å². The fourth-order valence-electron chi connectivity index (χ4n) is 0.311. The highest BCUT2D eigenvalue weighted by molar-refractivity contribution is 4.94. The topological polar surface area (TPSA) is 52.0 Å². The van der Waals surface area contributed by atoms with E-state index < -0.39 is 0 Å². The van der Waals surface area contributed by atoms with Crippen LogP contribution < -0.4 is 11.5 Å². The maximum absolute atomic E-state index is 5.21. The summed E-state index contributed by atoms with van der Waals surface area (Å²) in [7, 11) is 0. The molecule has 0 atom stereocenters. The van der Waals surface area contributed by atoms with Gasteiger partial charge < -0.3 is 11.5 Å². The number of rotatable bonds is 2. The van der Waals surface area contributed by atoms with Crippen molar-refractivity contribution < 1.29 is 0 Å². The van der Waals surface area contributed by atoms with Crippen molar-refractivity contribution in [3.05, 3.63) is 11.8 Å². The van der Waals surface area contributed by atoms with Crippen molar-refractivity contribution >= 4 is 0 Å². The van der Waals surface area contributed by atoms with Gasteiger partial charge >= 0.3 is 0 Å². The summed E-state index contributed by atoms with van der Waals surface area (Å²) in [5.74, 6) is 0. The van der Waals surface area contributed by atoms with Gasteiger partial charge in [0.2, 0.25) is 0 Å². The van der Waals surface area contributed by atoms with Gasteiger partial charge in [-0.15, -0.1) is 0 Å². The summed E-state index contributed by atoms with van der Waals surface area (Å²) < 4.78 is 0. The van der Waals surface area contributed by atoms with Crippen molar-refractivity contribution in [1.82, 2.24) is 0 Å². The van der Waals surface area contributed by atoms with Crippen molar-refractivity contribution in [3.63, 3.8) is 0 Å². The predicted molar refractivity (Wildman–Crippen MR) is 31.6 cm³/mol. The van der Waals surface area contributed by atoms with Crippen molar-refractivity contribution in [2.75, 3.05) is 6.54 Å². The molecule has 4 N–H and O–H groups in total. The third kappa shape index (κ3) is 3.33. The number of hydrogen-bond acceptors (Lipinski definition) is 2. The van der Waals surface area contributed by atoms with Crippen molar-refractivity contribution in [2.45, 2.75) is 13.3 Å². The zero-order valence-electron chi connectivity index (χ0n) is 4.65. The van der Waals surface area contributed by atoms with Crippen LogP contribution in [0.1, 0.15) is 13.3 Å². The lowest BCUT2D eigenvalue weighted by Gasteiger charge is -1.91. The first-order valence-corrected chi connectivity index (χ1v) is 2.38. The van der Waals surface area contributed by atoms with E-state index in [0.29, 0.717) is 6.54 Å². The highest BCUT2D eigenvalue weighted by Crippen LogP contribution is 1.91. The van der Waals surface area contributed by atoms with Crippen molar-refractivity contribution in [1.29, 1.82) is 0 Å². The summed E-state index contributed by atoms with van der Waals surface area (Å²) in [5, 5.41) is 0. The second-order valence-electron chi connectivity index (χ2n) is 1.55. The van der Waals surface area contributed by atoms with Crippen molar-refractivity contribution in [2.24, 2.45) is 11.5 Å². The first-order chi connectivity index (χ1) is 3.31. The summed E-state index contributed by atoms with van der Waals surface area (Å²) in [6, 6.07) is 0. The summed E-state index contributed by atoms with van der Waals surface area (Å²) in [6.45, 7) is 2.66. The second kappa shape index (κ2) is 3.68. The molecular weight excluding hydrogens is 88.1 g/mol. The number of nitrogens with two attached hydrogens (primary N) is 2. The van der Waals surface area contributed by atoms with Crippen LogP contribution in [-0.2, 0) is 0 Å². The molecule has 0 fully saturated rings. The standard InChI is InChI=1S/C5H12N2/c1-5(4-7)2-3-6/h4H,2-3,6-7H2,1H3. The summed E-state index contributed by atoms with van der Waals surface area (Å²) in [5.41, 5.74) is 11.5. The molecule has 0 aromatic heterocycles. The van der Waals surface area contributed by atoms with Gasteiger partial charge in [0.05, 0.1) is 0 Å². The lowest BCUT2D eigenvalue weighted by atomic mass is 10.2. The molecule has 0 aromatic rings. The molecule has 0 bridgehead atoms. The van der Waals surface area contributed by atoms with Crippen LogP contribution in [0, 0.1) is 0 Å². The van der Waals surface area contributed by atoms with E-state index in [9.17, 15) is 0 Å².